The van der Waals surface area contributed by atoms with Crippen molar-refractivity contribution in [2.75, 3.05) is 7.05 Å². The van der Waals surface area contributed by atoms with E-state index >= 15 is 0 Å². The van der Waals surface area contributed by atoms with Gasteiger partial charge in [0.15, 0.2) is 12.4 Å². The summed E-state index contributed by atoms with van der Waals surface area (Å²) in [6.45, 7) is 1.66. The van der Waals surface area contributed by atoms with Crippen LogP contribution in [0.4, 0.5) is 0 Å². The zero-order chi connectivity index (χ0) is 14.9. The molecule has 0 saturated carbocycles. The van der Waals surface area contributed by atoms with E-state index in [2.05, 4.69) is 29.1 Å². The van der Waals surface area contributed by atoms with Gasteiger partial charge in [0.25, 0.3) is 0 Å². The Labute approximate surface area is 126 Å². The van der Waals surface area contributed by atoms with Crippen LogP contribution in [-0.4, -0.2) is 17.9 Å². The average molecular weight is 283 g/mol. The molecule has 1 aromatic carbocycles. The molecular weight excluding hydrogens is 260 g/mol. The fourth-order valence-corrected chi connectivity index (χ4v) is 2.29. The van der Waals surface area contributed by atoms with E-state index in [1.807, 2.05) is 48.3 Å². The number of rotatable bonds is 7. The van der Waals surface area contributed by atoms with Gasteiger partial charge in [-0.25, -0.2) is 4.57 Å². The Morgan fingerprint density at radius 2 is 1.67 bits per heavy atom. The maximum Gasteiger partial charge on any atom is 0.222 e. The lowest BCUT2D eigenvalue weighted by Gasteiger charge is -2.17. The van der Waals surface area contributed by atoms with E-state index < -0.39 is 0 Å². The normalized spacial score (nSPS) is 10.3. The summed E-state index contributed by atoms with van der Waals surface area (Å²) in [6.07, 6.45) is 6.70. The summed E-state index contributed by atoms with van der Waals surface area (Å²) in [5.74, 6) is 0.219. The van der Waals surface area contributed by atoms with E-state index in [9.17, 15) is 4.79 Å². The number of aromatic nitrogens is 1. The standard InChI is InChI=1S/C18H23N2O/c1-19(16-17-10-4-2-5-11-17)18(21)12-6-9-15-20-13-7-3-8-14-20/h2-5,7-8,10-11,13-14H,6,9,12,15-16H2,1H3/q+1. The van der Waals surface area contributed by atoms with E-state index in [0.717, 1.165) is 19.4 Å². The molecule has 1 amide bonds. The third-order valence-corrected chi connectivity index (χ3v) is 3.52. The Morgan fingerprint density at radius 3 is 2.38 bits per heavy atom. The van der Waals surface area contributed by atoms with Gasteiger partial charge in [0.05, 0.1) is 0 Å². The highest BCUT2D eigenvalue weighted by molar-refractivity contribution is 5.75. The molecule has 2 aromatic rings. The molecule has 0 atom stereocenters. The number of benzene rings is 1. The predicted molar refractivity (Wildman–Crippen MR) is 83.4 cm³/mol. The summed E-state index contributed by atoms with van der Waals surface area (Å²) in [6, 6.07) is 16.2. The lowest BCUT2D eigenvalue weighted by Crippen LogP contribution is -2.32. The lowest BCUT2D eigenvalue weighted by atomic mass is 10.2. The van der Waals surface area contributed by atoms with Crippen LogP contribution in [0.5, 0.6) is 0 Å². The van der Waals surface area contributed by atoms with Crippen molar-refractivity contribution in [2.45, 2.75) is 32.4 Å². The molecule has 0 aliphatic heterocycles. The molecule has 1 heterocycles. The van der Waals surface area contributed by atoms with Crippen LogP contribution in [0.1, 0.15) is 24.8 Å². The number of unbranched alkanes of at least 4 members (excludes halogenated alkanes) is 1. The highest BCUT2D eigenvalue weighted by Gasteiger charge is 2.09. The van der Waals surface area contributed by atoms with Gasteiger partial charge in [-0.05, 0) is 12.0 Å². The fourth-order valence-electron chi connectivity index (χ4n) is 2.29. The van der Waals surface area contributed by atoms with E-state index in [1.54, 1.807) is 0 Å². The topological polar surface area (TPSA) is 24.2 Å². The second-order valence-corrected chi connectivity index (χ2v) is 5.31. The first-order valence-corrected chi connectivity index (χ1v) is 7.47. The molecule has 0 aliphatic rings. The van der Waals surface area contributed by atoms with Gasteiger partial charge in [-0.3, -0.25) is 4.79 Å². The summed E-state index contributed by atoms with van der Waals surface area (Å²) >= 11 is 0. The van der Waals surface area contributed by atoms with Crippen LogP contribution in [0.15, 0.2) is 60.9 Å². The highest BCUT2D eigenvalue weighted by atomic mass is 16.2. The van der Waals surface area contributed by atoms with Crippen LogP contribution in [0.25, 0.3) is 0 Å². The molecular formula is C18H23N2O+. The summed E-state index contributed by atoms with van der Waals surface area (Å²) in [5.41, 5.74) is 1.17. The van der Waals surface area contributed by atoms with Gasteiger partial charge in [-0.15, -0.1) is 0 Å². The number of hydrogen-bond donors (Lipinski definition) is 0. The predicted octanol–water partition coefficient (Wildman–Crippen LogP) is 2.80. The molecule has 0 unspecified atom stereocenters. The number of pyridine rings is 1. The number of nitrogens with zero attached hydrogens (tertiary/aromatic N) is 2. The molecule has 0 bridgehead atoms. The van der Waals surface area contributed by atoms with Crippen molar-refractivity contribution in [3.8, 4) is 0 Å². The third-order valence-electron chi connectivity index (χ3n) is 3.52. The van der Waals surface area contributed by atoms with Gasteiger partial charge >= 0.3 is 0 Å². The monoisotopic (exact) mass is 283 g/mol. The summed E-state index contributed by atoms with van der Waals surface area (Å²) in [5, 5.41) is 0. The largest absolute Gasteiger partial charge is 0.341 e. The molecule has 1 aromatic heterocycles. The van der Waals surface area contributed by atoms with Crippen LogP contribution >= 0.6 is 0 Å². The van der Waals surface area contributed by atoms with Crippen molar-refractivity contribution >= 4 is 5.91 Å². The first kappa shape index (κ1) is 15.2. The van der Waals surface area contributed by atoms with Crippen molar-refractivity contribution in [3.63, 3.8) is 0 Å². The maximum absolute atomic E-state index is 12.1. The van der Waals surface area contributed by atoms with E-state index in [-0.39, 0.29) is 5.91 Å². The van der Waals surface area contributed by atoms with Gasteiger partial charge < -0.3 is 4.90 Å². The van der Waals surface area contributed by atoms with Gasteiger partial charge in [-0.2, -0.15) is 0 Å². The quantitative estimate of drug-likeness (QED) is 0.566. The summed E-state index contributed by atoms with van der Waals surface area (Å²) in [7, 11) is 1.88. The van der Waals surface area contributed by atoms with Crippen molar-refractivity contribution in [1.82, 2.24) is 4.90 Å². The molecule has 0 aliphatic carbocycles. The van der Waals surface area contributed by atoms with Crippen molar-refractivity contribution in [3.05, 3.63) is 66.5 Å². The Kier molecular flexibility index (Phi) is 5.95. The molecule has 21 heavy (non-hydrogen) atoms. The Balaban J connectivity index is 1.67. The van der Waals surface area contributed by atoms with Gasteiger partial charge in [0.2, 0.25) is 5.91 Å². The molecule has 3 nitrogen and oxygen atoms in total. The molecule has 0 spiro atoms. The molecule has 0 N–H and O–H groups in total. The van der Waals surface area contributed by atoms with E-state index in [0.29, 0.717) is 13.0 Å². The molecule has 3 heteroatoms. The molecule has 2 rings (SSSR count). The Bertz CT molecular complexity index is 540. The highest BCUT2D eigenvalue weighted by Crippen LogP contribution is 2.06. The Hall–Kier alpha value is -2.16. The van der Waals surface area contributed by atoms with Gasteiger partial charge in [-0.1, -0.05) is 36.4 Å². The molecule has 0 fully saturated rings. The minimum absolute atomic E-state index is 0.219. The smallest absolute Gasteiger partial charge is 0.222 e. The zero-order valence-electron chi connectivity index (χ0n) is 12.6. The van der Waals surface area contributed by atoms with Crippen LogP contribution < -0.4 is 4.57 Å². The van der Waals surface area contributed by atoms with Crippen LogP contribution in [0.3, 0.4) is 0 Å². The third kappa shape index (κ3) is 5.38. The lowest BCUT2D eigenvalue weighted by molar-refractivity contribution is -0.697. The SMILES string of the molecule is CN(Cc1ccccc1)C(=O)CCCC[n+]1ccccc1. The van der Waals surface area contributed by atoms with Crippen molar-refractivity contribution in [1.29, 1.82) is 0 Å². The fraction of sp³-hybridized carbons (Fsp3) is 0.333. The molecule has 110 valence electrons. The number of hydrogen-bond acceptors (Lipinski definition) is 1. The first-order chi connectivity index (χ1) is 10.3. The number of carbonyl (C=O) groups excluding carboxylic acids is 1. The molecule has 0 radical (unpaired) electrons. The second-order valence-electron chi connectivity index (χ2n) is 5.31. The van der Waals surface area contributed by atoms with Crippen molar-refractivity contribution in [2.24, 2.45) is 0 Å². The van der Waals surface area contributed by atoms with Gasteiger partial charge in [0, 0.05) is 38.6 Å². The summed E-state index contributed by atoms with van der Waals surface area (Å²) in [4.78, 5) is 13.9. The molecule has 0 saturated heterocycles. The average Bonchev–Trinajstić information content (AvgIpc) is 2.53. The van der Waals surface area contributed by atoms with Crippen LogP contribution in [-0.2, 0) is 17.9 Å². The van der Waals surface area contributed by atoms with Crippen LogP contribution in [0, 0.1) is 0 Å². The first-order valence-electron chi connectivity index (χ1n) is 7.47. The van der Waals surface area contributed by atoms with E-state index in [1.165, 1.54) is 5.56 Å². The second kappa shape index (κ2) is 8.20. The minimum atomic E-state index is 0.219. The Morgan fingerprint density at radius 1 is 1.00 bits per heavy atom. The zero-order valence-corrected chi connectivity index (χ0v) is 12.6. The number of aryl methyl sites for hydroxylation is 1. The maximum atomic E-state index is 12.1. The number of carbonyl (C=O) groups is 1. The minimum Gasteiger partial charge on any atom is -0.341 e. The van der Waals surface area contributed by atoms with Crippen LogP contribution in [0.2, 0.25) is 0 Å². The van der Waals surface area contributed by atoms with E-state index in [4.69, 9.17) is 0 Å². The van der Waals surface area contributed by atoms with Gasteiger partial charge in [0.1, 0.15) is 6.54 Å². The van der Waals surface area contributed by atoms with Crippen molar-refractivity contribution < 1.29 is 9.36 Å². The number of amides is 1. The summed E-state index contributed by atoms with van der Waals surface area (Å²) < 4.78 is 2.15.